The van der Waals surface area contributed by atoms with Crippen molar-refractivity contribution in [2.24, 2.45) is 0 Å². The third kappa shape index (κ3) is 3.15. The Morgan fingerprint density at radius 1 is 1.55 bits per heavy atom. The summed E-state index contributed by atoms with van der Waals surface area (Å²) in [5, 5.41) is 11.5. The van der Waals surface area contributed by atoms with Crippen LogP contribution in [-0.4, -0.2) is 34.8 Å². The SMILES string of the molecule is OCCNCCc1cnc[nH]1. The van der Waals surface area contributed by atoms with Gasteiger partial charge in [-0.15, -0.1) is 0 Å². The maximum Gasteiger partial charge on any atom is 0.0921 e. The Morgan fingerprint density at radius 2 is 2.45 bits per heavy atom. The van der Waals surface area contributed by atoms with Crippen molar-refractivity contribution in [1.29, 1.82) is 0 Å². The summed E-state index contributed by atoms with van der Waals surface area (Å²) in [5.41, 5.74) is 1.12. The maximum absolute atomic E-state index is 8.44. The Morgan fingerprint density at radius 3 is 3.09 bits per heavy atom. The highest BCUT2D eigenvalue weighted by atomic mass is 16.3. The van der Waals surface area contributed by atoms with Crippen LogP contribution in [0, 0.1) is 0 Å². The smallest absolute Gasteiger partial charge is 0.0921 e. The molecule has 1 aromatic rings. The van der Waals surface area contributed by atoms with Crippen molar-refractivity contribution in [3.63, 3.8) is 0 Å². The zero-order valence-electron chi connectivity index (χ0n) is 6.38. The Balaban J connectivity index is 2.04. The number of aliphatic hydroxyl groups is 1. The lowest BCUT2D eigenvalue weighted by molar-refractivity contribution is 0.292. The molecule has 0 spiro atoms. The van der Waals surface area contributed by atoms with Gasteiger partial charge >= 0.3 is 0 Å². The minimum Gasteiger partial charge on any atom is -0.395 e. The van der Waals surface area contributed by atoms with Gasteiger partial charge in [-0.1, -0.05) is 0 Å². The number of aromatic amines is 1. The monoisotopic (exact) mass is 155 g/mol. The van der Waals surface area contributed by atoms with Gasteiger partial charge in [-0.2, -0.15) is 0 Å². The third-order valence-corrected chi connectivity index (χ3v) is 1.41. The van der Waals surface area contributed by atoms with Gasteiger partial charge in [0, 0.05) is 31.4 Å². The number of hydrogen-bond donors (Lipinski definition) is 3. The molecule has 0 unspecified atom stereocenters. The Labute approximate surface area is 65.7 Å². The molecule has 0 radical (unpaired) electrons. The predicted octanol–water partition coefficient (Wildman–Crippen LogP) is -0.466. The van der Waals surface area contributed by atoms with Crippen molar-refractivity contribution >= 4 is 0 Å². The van der Waals surface area contributed by atoms with E-state index in [4.69, 9.17) is 5.11 Å². The number of rotatable bonds is 5. The number of aliphatic hydroxyl groups excluding tert-OH is 1. The van der Waals surface area contributed by atoms with Gasteiger partial charge in [0.05, 0.1) is 12.9 Å². The number of nitrogens with zero attached hydrogens (tertiary/aromatic N) is 1. The fourth-order valence-corrected chi connectivity index (χ4v) is 0.849. The van der Waals surface area contributed by atoms with E-state index in [1.165, 1.54) is 0 Å². The summed E-state index contributed by atoms with van der Waals surface area (Å²) < 4.78 is 0. The van der Waals surface area contributed by atoms with Crippen molar-refractivity contribution in [2.45, 2.75) is 6.42 Å². The fourth-order valence-electron chi connectivity index (χ4n) is 0.849. The molecule has 0 aromatic carbocycles. The zero-order valence-corrected chi connectivity index (χ0v) is 6.38. The average molecular weight is 155 g/mol. The van der Waals surface area contributed by atoms with Gasteiger partial charge < -0.3 is 15.4 Å². The lowest BCUT2D eigenvalue weighted by Gasteiger charge is -1.99. The lowest BCUT2D eigenvalue weighted by atomic mass is 10.3. The van der Waals surface area contributed by atoms with E-state index in [1.54, 1.807) is 12.5 Å². The number of aromatic nitrogens is 2. The highest BCUT2D eigenvalue weighted by Crippen LogP contribution is 1.89. The van der Waals surface area contributed by atoms with E-state index in [9.17, 15) is 0 Å². The first kappa shape index (κ1) is 8.23. The summed E-state index contributed by atoms with van der Waals surface area (Å²) in [4.78, 5) is 6.89. The molecule has 1 heterocycles. The molecule has 0 fully saturated rings. The molecule has 4 heteroatoms. The summed E-state index contributed by atoms with van der Waals surface area (Å²) in [6.45, 7) is 1.74. The highest BCUT2D eigenvalue weighted by molar-refractivity contribution is 4.94. The normalized spacial score (nSPS) is 10.3. The van der Waals surface area contributed by atoms with Gasteiger partial charge in [-0.25, -0.2) is 4.98 Å². The molecule has 1 rings (SSSR count). The first-order valence-electron chi connectivity index (χ1n) is 3.72. The van der Waals surface area contributed by atoms with Crippen LogP contribution in [0.5, 0.6) is 0 Å². The molecule has 62 valence electrons. The van der Waals surface area contributed by atoms with Crippen molar-refractivity contribution in [2.75, 3.05) is 19.7 Å². The van der Waals surface area contributed by atoms with Crippen LogP contribution in [0.25, 0.3) is 0 Å². The third-order valence-electron chi connectivity index (χ3n) is 1.41. The second kappa shape index (κ2) is 4.87. The molecule has 0 aliphatic carbocycles. The fraction of sp³-hybridized carbons (Fsp3) is 0.571. The molecule has 0 amide bonds. The van der Waals surface area contributed by atoms with Crippen molar-refractivity contribution < 1.29 is 5.11 Å². The van der Waals surface area contributed by atoms with E-state index in [-0.39, 0.29) is 6.61 Å². The Hall–Kier alpha value is -0.870. The van der Waals surface area contributed by atoms with Gasteiger partial charge in [0.25, 0.3) is 0 Å². The number of H-pyrrole nitrogens is 1. The molecule has 1 aromatic heterocycles. The largest absolute Gasteiger partial charge is 0.395 e. The van der Waals surface area contributed by atoms with Gasteiger partial charge in [0.1, 0.15) is 0 Å². The van der Waals surface area contributed by atoms with E-state index in [1.807, 2.05) is 0 Å². The lowest BCUT2D eigenvalue weighted by Crippen LogP contribution is -2.20. The second-order valence-electron chi connectivity index (χ2n) is 2.30. The van der Waals surface area contributed by atoms with Gasteiger partial charge in [0.2, 0.25) is 0 Å². The zero-order chi connectivity index (χ0) is 7.94. The van der Waals surface area contributed by atoms with E-state index in [2.05, 4.69) is 15.3 Å². The summed E-state index contributed by atoms with van der Waals surface area (Å²) in [7, 11) is 0. The van der Waals surface area contributed by atoms with E-state index in [0.717, 1.165) is 18.7 Å². The highest BCUT2D eigenvalue weighted by Gasteiger charge is 1.91. The molecule has 0 aliphatic rings. The maximum atomic E-state index is 8.44. The van der Waals surface area contributed by atoms with E-state index >= 15 is 0 Å². The molecule has 0 bridgehead atoms. The van der Waals surface area contributed by atoms with Crippen LogP contribution in [0.2, 0.25) is 0 Å². The molecule has 0 saturated heterocycles. The molecular weight excluding hydrogens is 142 g/mol. The molecule has 0 atom stereocenters. The van der Waals surface area contributed by atoms with Crippen LogP contribution in [0.3, 0.4) is 0 Å². The van der Waals surface area contributed by atoms with Crippen LogP contribution < -0.4 is 5.32 Å². The quantitative estimate of drug-likeness (QED) is 0.504. The van der Waals surface area contributed by atoms with Gasteiger partial charge in [0.15, 0.2) is 0 Å². The van der Waals surface area contributed by atoms with E-state index < -0.39 is 0 Å². The molecule has 3 N–H and O–H groups in total. The first-order valence-corrected chi connectivity index (χ1v) is 3.72. The van der Waals surface area contributed by atoms with Crippen LogP contribution in [-0.2, 0) is 6.42 Å². The molecule has 4 nitrogen and oxygen atoms in total. The summed E-state index contributed by atoms with van der Waals surface area (Å²) in [6, 6.07) is 0. The second-order valence-corrected chi connectivity index (χ2v) is 2.30. The number of imidazole rings is 1. The summed E-state index contributed by atoms with van der Waals surface area (Å²) in [6.07, 6.45) is 4.40. The van der Waals surface area contributed by atoms with E-state index in [0.29, 0.717) is 6.54 Å². The van der Waals surface area contributed by atoms with Crippen molar-refractivity contribution in [1.82, 2.24) is 15.3 Å². The average Bonchev–Trinajstić information content (AvgIpc) is 2.50. The minimum absolute atomic E-state index is 0.197. The molecule has 0 saturated carbocycles. The first-order chi connectivity index (χ1) is 5.43. The molecular formula is C7H13N3O. The standard InChI is InChI=1S/C7H13N3O/c11-4-3-8-2-1-7-5-9-6-10-7/h5-6,8,11H,1-4H2,(H,9,10). The van der Waals surface area contributed by atoms with Crippen LogP contribution >= 0.6 is 0 Å². The molecule has 11 heavy (non-hydrogen) atoms. The van der Waals surface area contributed by atoms with Crippen molar-refractivity contribution in [3.05, 3.63) is 18.2 Å². The van der Waals surface area contributed by atoms with Gasteiger partial charge in [-0.3, -0.25) is 0 Å². The number of hydrogen-bond acceptors (Lipinski definition) is 3. The Kier molecular flexibility index (Phi) is 3.64. The number of nitrogens with one attached hydrogen (secondary N) is 2. The Bertz CT molecular complexity index is 174. The van der Waals surface area contributed by atoms with Crippen molar-refractivity contribution in [3.8, 4) is 0 Å². The van der Waals surface area contributed by atoms with Gasteiger partial charge in [-0.05, 0) is 0 Å². The topological polar surface area (TPSA) is 60.9 Å². The van der Waals surface area contributed by atoms with Crippen LogP contribution in [0.4, 0.5) is 0 Å². The summed E-state index contributed by atoms with van der Waals surface area (Å²) in [5.74, 6) is 0. The molecule has 0 aliphatic heterocycles. The minimum atomic E-state index is 0.197. The van der Waals surface area contributed by atoms with Crippen LogP contribution in [0.15, 0.2) is 12.5 Å². The predicted molar refractivity (Wildman–Crippen MR) is 42.2 cm³/mol. The van der Waals surface area contributed by atoms with Crippen LogP contribution in [0.1, 0.15) is 5.69 Å². The summed E-state index contributed by atoms with van der Waals surface area (Å²) >= 11 is 0.